The lowest BCUT2D eigenvalue weighted by atomic mass is 10.0. The topological polar surface area (TPSA) is 152 Å². The van der Waals surface area contributed by atoms with Gasteiger partial charge >= 0.3 is 0 Å². The number of amides is 3. The van der Waals surface area contributed by atoms with Crippen molar-refractivity contribution in [1.29, 1.82) is 0 Å². The fraction of sp³-hybridized carbons (Fsp3) is 0.400. The van der Waals surface area contributed by atoms with Crippen LogP contribution in [0.15, 0.2) is 18.2 Å². The zero-order chi connectivity index (χ0) is 26.3. The van der Waals surface area contributed by atoms with Crippen molar-refractivity contribution in [3.05, 3.63) is 40.5 Å². The minimum atomic E-state index is -0.718. The Balaban J connectivity index is 1.38. The summed E-state index contributed by atoms with van der Waals surface area (Å²) in [4.78, 5) is 40.5. The van der Waals surface area contributed by atoms with Crippen molar-refractivity contribution in [2.45, 2.75) is 38.5 Å². The van der Waals surface area contributed by atoms with E-state index in [1.807, 2.05) is 4.90 Å². The van der Waals surface area contributed by atoms with Gasteiger partial charge in [-0.3, -0.25) is 24.6 Å². The predicted octanol–water partition coefficient (Wildman–Crippen LogP) is 0.509. The number of carbonyl (C=O) groups excluding carboxylic acids is 3. The van der Waals surface area contributed by atoms with Gasteiger partial charge in [-0.2, -0.15) is 0 Å². The summed E-state index contributed by atoms with van der Waals surface area (Å²) in [6, 6.07) is 4.51. The molecule has 5 rings (SSSR count). The number of piperidine rings is 1. The summed E-state index contributed by atoms with van der Waals surface area (Å²) in [5.41, 5.74) is 2.45. The van der Waals surface area contributed by atoms with Crippen LogP contribution in [0.3, 0.4) is 0 Å². The van der Waals surface area contributed by atoms with Crippen molar-refractivity contribution in [3.8, 4) is 17.2 Å². The minimum Gasteiger partial charge on any atom is -0.507 e. The molecule has 3 aliphatic heterocycles. The number of anilines is 1. The molecular weight excluding hydrogens is 499 g/mol. The first-order valence-electron chi connectivity index (χ1n) is 12.1. The average Bonchev–Trinajstić information content (AvgIpc) is 3.23. The summed E-state index contributed by atoms with van der Waals surface area (Å²) in [5, 5.41) is 38.0. The van der Waals surface area contributed by atoms with Gasteiger partial charge < -0.3 is 30.3 Å². The second kappa shape index (κ2) is 10.2. The number of carbonyl (C=O) groups is 3. The number of morpholine rings is 1. The smallest absolute Gasteiger partial charge is 0.255 e. The summed E-state index contributed by atoms with van der Waals surface area (Å²) in [5.74, 6) is -1.89. The first-order valence-corrected chi connectivity index (χ1v) is 12.7. The molecule has 0 aliphatic carbocycles. The number of benzene rings is 2. The number of phenolic OH excluding ortho intramolecular Hbond substituents is 3. The lowest BCUT2D eigenvalue weighted by Gasteiger charge is -2.29. The first-order chi connectivity index (χ1) is 17.8. The first kappa shape index (κ1) is 25.3. The second-order valence-corrected chi connectivity index (χ2v) is 9.97. The number of nitrogens with one attached hydrogen (secondary N) is 2. The van der Waals surface area contributed by atoms with E-state index in [1.165, 1.54) is 4.90 Å². The Morgan fingerprint density at radius 3 is 2.54 bits per heavy atom. The van der Waals surface area contributed by atoms with E-state index in [-0.39, 0.29) is 72.4 Å². The summed E-state index contributed by atoms with van der Waals surface area (Å²) in [6.07, 6.45) is 0.450. The zero-order valence-electron chi connectivity index (χ0n) is 20.1. The van der Waals surface area contributed by atoms with Gasteiger partial charge in [-0.1, -0.05) is 6.07 Å². The van der Waals surface area contributed by atoms with Crippen molar-refractivity contribution in [1.82, 2.24) is 15.1 Å². The van der Waals surface area contributed by atoms with Crippen LogP contribution in [0.4, 0.5) is 5.69 Å². The van der Waals surface area contributed by atoms with E-state index < -0.39 is 11.9 Å². The maximum atomic E-state index is 13.1. The summed E-state index contributed by atoms with van der Waals surface area (Å²) < 4.78 is 5.36. The quantitative estimate of drug-likeness (QED) is 0.156. The maximum absolute atomic E-state index is 13.1. The molecule has 11 nitrogen and oxygen atoms in total. The number of aromatic hydroxyl groups is 3. The van der Waals surface area contributed by atoms with Gasteiger partial charge in [-0.05, 0) is 18.6 Å². The van der Waals surface area contributed by atoms with Gasteiger partial charge in [-0.25, -0.2) is 0 Å². The number of hydrogen-bond donors (Lipinski definition) is 5. The highest BCUT2D eigenvalue weighted by atomic mass is 31.0. The Morgan fingerprint density at radius 2 is 1.81 bits per heavy atom. The molecule has 2 atom stereocenters. The molecule has 2 aromatic rings. The van der Waals surface area contributed by atoms with Crippen LogP contribution in [0.25, 0.3) is 0 Å². The molecule has 196 valence electrons. The standard InChI is InChI=1S/C25H29N4O7P/c30-19-5-4-18(24(34)27-19)29-12-15-13(25(29)35)2-1-3-17(15)26-10-14-20(31)16(21(32)22(33)23(14)37)11-28-6-8-36-9-7-28/h1-3,18,26,31-33H,4-12,37H2,(H,27,30,34). The van der Waals surface area contributed by atoms with Crippen molar-refractivity contribution in [3.63, 3.8) is 0 Å². The van der Waals surface area contributed by atoms with Crippen LogP contribution in [-0.4, -0.2) is 75.2 Å². The Hall–Kier alpha value is -3.40. The van der Waals surface area contributed by atoms with Gasteiger partial charge in [0.15, 0.2) is 11.5 Å². The van der Waals surface area contributed by atoms with Crippen LogP contribution in [0.2, 0.25) is 0 Å². The molecule has 2 unspecified atom stereocenters. The van der Waals surface area contributed by atoms with E-state index >= 15 is 0 Å². The molecule has 2 saturated heterocycles. The van der Waals surface area contributed by atoms with Crippen LogP contribution in [-0.2, 0) is 34.0 Å². The number of fused-ring (bicyclic) bond motifs is 1. The van der Waals surface area contributed by atoms with Gasteiger partial charge in [-0.15, -0.1) is 9.24 Å². The molecule has 3 heterocycles. The number of imide groups is 1. The monoisotopic (exact) mass is 528 g/mol. The minimum absolute atomic E-state index is 0.109. The Morgan fingerprint density at radius 1 is 1.05 bits per heavy atom. The molecular formula is C25H29N4O7P. The van der Waals surface area contributed by atoms with E-state index in [0.717, 1.165) is 0 Å². The second-order valence-electron chi connectivity index (χ2n) is 9.39. The van der Waals surface area contributed by atoms with Crippen molar-refractivity contribution < 1.29 is 34.4 Å². The fourth-order valence-electron chi connectivity index (χ4n) is 5.08. The lowest BCUT2D eigenvalue weighted by molar-refractivity contribution is -0.136. The Kier molecular flexibility index (Phi) is 6.94. The third kappa shape index (κ3) is 4.70. The highest BCUT2D eigenvalue weighted by molar-refractivity contribution is 7.28. The molecule has 0 saturated carbocycles. The Bertz CT molecular complexity index is 1280. The van der Waals surface area contributed by atoms with E-state index in [2.05, 4.69) is 19.9 Å². The predicted molar refractivity (Wildman–Crippen MR) is 137 cm³/mol. The van der Waals surface area contributed by atoms with Gasteiger partial charge in [0.2, 0.25) is 11.8 Å². The molecule has 0 spiro atoms. The van der Waals surface area contributed by atoms with Crippen molar-refractivity contribution in [2.24, 2.45) is 0 Å². The number of nitrogens with zero attached hydrogens (tertiary/aromatic N) is 2. The highest BCUT2D eigenvalue weighted by Gasteiger charge is 2.39. The summed E-state index contributed by atoms with van der Waals surface area (Å²) in [6.45, 7) is 2.95. The fourth-order valence-corrected chi connectivity index (χ4v) is 5.46. The molecule has 3 amide bonds. The summed E-state index contributed by atoms with van der Waals surface area (Å²) in [7, 11) is 2.36. The van der Waals surface area contributed by atoms with Crippen LogP contribution >= 0.6 is 9.24 Å². The third-order valence-corrected chi connectivity index (χ3v) is 7.81. The van der Waals surface area contributed by atoms with E-state index in [0.29, 0.717) is 48.7 Å². The van der Waals surface area contributed by atoms with Gasteiger partial charge in [0, 0.05) is 66.8 Å². The SMILES string of the molecule is O=C1CCC(N2Cc3c(NCc4c(O)c(CN5CCOCC5)c(O)c(O)c4P)cccc3C2=O)C(=O)N1. The molecule has 3 aliphatic rings. The zero-order valence-corrected chi connectivity index (χ0v) is 21.3. The normalized spacial score (nSPS) is 20.2. The number of ether oxygens (including phenoxy) is 1. The van der Waals surface area contributed by atoms with E-state index in [9.17, 15) is 29.7 Å². The molecule has 5 N–H and O–H groups in total. The van der Waals surface area contributed by atoms with Crippen LogP contribution in [0, 0.1) is 0 Å². The van der Waals surface area contributed by atoms with Gasteiger partial charge in [0.1, 0.15) is 11.8 Å². The molecule has 0 bridgehead atoms. The largest absolute Gasteiger partial charge is 0.507 e. The maximum Gasteiger partial charge on any atom is 0.255 e. The lowest BCUT2D eigenvalue weighted by Crippen LogP contribution is -2.52. The molecule has 0 aromatic heterocycles. The van der Waals surface area contributed by atoms with E-state index in [4.69, 9.17) is 4.74 Å². The van der Waals surface area contributed by atoms with Crippen LogP contribution in [0.5, 0.6) is 17.2 Å². The number of phenols is 3. The Labute approximate surface area is 215 Å². The van der Waals surface area contributed by atoms with Crippen LogP contribution in [0.1, 0.15) is 39.9 Å². The molecule has 0 radical (unpaired) electrons. The molecule has 37 heavy (non-hydrogen) atoms. The average molecular weight is 529 g/mol. The molecule has 12 heteroatoms. The molecule has 2 aromatic carbocycles. The third-order valence-electron chi connectivity index (χ3n) is 7.19. The van der Waals surface area contributed by atoms with Crippen LogP contribution < -0.4 is 15.9 Å². The van der Waals surface area contributed by atoms with Crippen molar-refractivity contribution in [2.75, 3.05) is 31.6 Å². The van der Waals surface area contributed by atoms with Gasteiger partial charge in [0.05, 0.1) is 18.8 Å². The van der Waals surface area contributed by atoms with Gasteiger partial charge in [0.25, 0.3) is 5.91 Å². The van der Waals surface area contributed by atoms with E-state index in [1.54, 1.807) is 18.2 Å². The highest BCUT2D eigenvalue weighted by Crippen LogP contribution is 2.40. The van der Waals surface area contributed by atoms with Crippen molar-refractivity contribution >= 4 is 38.0 Å². The molecule has 2 fully saturated rings. The number of hydrogen-bond acceptors (Lipinski definition) is 9. The summed E-state index contributed by atoms with van der Waals surface area (Å²) >= 11 is 0. The number of rotatable bonds is 6.